The highest BCUT2D eigenvalue weighted by molar-refractivity contribution is 6.11. The fourth-order valence-corrected chi connectivity index (χ4v) is 4.31. The summed E-state index contributed by atoms with van der Waals surface area (Å²) in [5, 5.41) is 17.7. The zero-order valence-electron chi connectivity index (χ0n) is 15.8. The molecule has 1 heterocycles. The summed E-state index contributed by atoms with van der Waals surface area (Å²) in [5.74, 6) is 0. The summed E-state index contributed by atoms with van der Waals surface area (Å²) in [6, 6.07) is 29.3. The minimum atomic E-state index is -0.298. The van der Waals surface area contributed by atoms with Crippen LogP contribution >= 0.6 is 0 Å². The van der Waals surface area contributed by atoms with Crippen LogP contribution in [0, 0.1) is 10.1 Å². The number of rotatable bonds is 2. The average Bonchev–Trinajstić information content (AvgIpc) is 3.13. The molecule has 0 saturated heterocycles. The van der Waals surface area contributed by atoms with Crippen LogP contribution in [-0.4, -0.2) is 4.92 Å². The summed E-state index contributed by atoms with van der Waals surface area (Å²) in [5.41, 5.74) is 3.01. The van der Waals surface area contributed by atoms with E-state index in [0.29, 0.717) is 10.9 Å². The van der Waals surface area contributed by atoms with E-state index in [-0.39, 0.29) is 10.6 Å². The van der Waals surface area contributed by atoms with E-state index in [9.17, 15) is 10.1 Å². The highest BCUT2D eigenvalue weighted by Crippen LogP contribution is 2.39. The van der Waals surface area contributed by atoms with Crippen molar-refractivity contribution in [1.82, 2.24) is 0 Å². The number of benzene rings is 5. The highest BCUT2D eigenvalue weighted by Gasteiger charge is 2.20. The molecule has 0 radical (unpaired) electrons. The molecule has 0 bridgehead atoms. The molecule has 0 amide bonds. The average molecular weight is 389 g/mol. The lowest BCUT2D eigenvalue weighted by Gasteiger charge is -2.07. The van der Waals surface area contributed by atoms with Crippen molar-refractivity contribution in [2.45, 2.75) is 0 Å². The Hall–Kier alpha value is -4.18. The number of hydrogen-bond acceptors (Lipinski definition) is 3. The summed E-state index contributed by atoms with van der Waals surface area (Å²) >= 11 is 0. The maximum absolute atomic E-state index is 11.9. The zero-order chi connectivity index (χ0) is 20.2. The van der Waals surface area contributed by atoms with Crippen LogP contribution < -0.4 is 0 Å². The van der Waals surface area contributed by atoms with Gasteiger partial charge < -0.3 is 4.42 Å². The third-order valence-electron chi connectivity index (χ3n) is 5.73. The Bertz CT molecular complexity index is 1630. The molecule has 0 atom stereocenters. The van der Waals surface area contributed by atoms with Crippen molar-refractivity contribution in [2.24, 2.45) is 0 Å². The van der Waals surface area contributed by atoms with E-state index in [1.54, 1.807) is 6.07 Å². The predicted molar refractivity (Wildman–Crippen MR) is 121 cm³/mol. The van der Waals surface area contributed by atoms with E-state index in [1.807, 2.05) is 66.7 Å². The molecule has 6 aromatic rings. The molecule has 0 N–H and O–H groups in total. The molecule has 0 aliphatic carbocycles. The first-order valence-electron chi connectivity index (χ1n) is 9.71. The van der Waals surface area contributed by atoms with Crippen LogP contribution in [0.4, 0.5) is 5.69 Å². The second-order valence-electron chi connectivity index (χ2n) is 7.45. The Balaban J connectivity index is 1.62. The molecule has 6 rings (SSSR count). The molecule has 0 fully saturated rings. The molecule has 30 heavy (non-hydrogen) atoms. The van der Waals surface area contributed by atoms with Crippen LogP contribution in [0.5, 0.6) is 0 Å². The lowest BCUT2D eigenvalue weighted by atomic mass is 9.97. The van der Waals surface area contributed by atoms with Gasteiger partial charge in [-0.05, 0) is 58.1 Å². The quantitative estimate of drug-likeness (QED) is 0.228. The summed E-state index contributed by atoms with van der Waals surface area (Å²) in [6.45, 7) is 0. The molecule has 4 heteroatoms. The first kappa shape index (κ1) is 16.7. The van der Waals surface area contributed by atoms with Gasteiger partial charge in [0.25, 0.3) is 5.69 Å². The number of fused-ring (bicyclic) bond motifs is 5. The van der Waals surface area contributed by atoms with E-state index in [2.05, 4.69) is 18.2 Å². The number of nitrogens with zero attached hydrogens (tertiary/aromatic N) is 1. The Morgan fingerprint density at radius 2 is 1.33 bits per heavy atom. The van der Waals surface area contributed by atoms with E-state index < -0.39 is 0 Å². The van der Waals surface area contributed by atoms with Gasteiger partial charge in [-0.15, -0.1) is 0 Å². The highest BCUT2D eigenvalue weighted by atomic mass is 16.6. The van der Waals surface area contributed by atoms with Gasteiger partial charge in [0, 0.05) is 10.8 Å². The maximum Gasteiger partial charge on any atom is 0.284 e. The smallest absolute Gasteiger partial charge is 0.284 e. The molecular formula is C26H15NO3. The largest absolute Gasteiger partial charge is 0.456 e. The Kier molecular flexibility index (Phi) is 3.44. The van der Waals surface area contributed by atoms with Gasteiger partial charge in [0.15, 0.2) is 0 Å². The van der Waals surface area contributed by atoms with Gasteiger partial charge in [0.2, 0.25) is 0 Å². The molecule has 1 aromatic heterocycles. The van der Waals surface area contributed by atoms with Crippen LogP contribution in [0.3, 0.4) is 0 Å². The number of hydrogen-bond donors (Lipinski definition) is 0. The van der Waals surface area contributed by atoms with Crippen molar-refractivity contribution in [3.05, 3.63) is 101 Å². The SMILES string of the molecule is O=[N+]([O-])c1c(-c2ccc3c(c2)oc2cc4ccccc4cc23)ccc2ccccc12. The molecular weight excluding hydrogens is 374 g/mol. The van der Waals surface area contributed by atoms with Crippen LogP contribution in [0.2, 0.25) is 0 Å². The molecule has 0 saturated carbocycles. The standard InChI is InChI=1S/C26H15NO3/c28-27(29)26-20-8-4-3-5-16(20)9-11-21(26)19-10-12-22-23-13-17-6-1-2-7-18(17)14-25(23)30-24(22)15-19/h1-15H. The molecule has 0 spiro atoms. The van der Waals surface area contributed by atoms with Crippen molar-refractivity contribution in [3.63, 3.8) is 0 Å². The van der Waals surface area contributed by atoms with Gasteiger partial charge in [-0.25, -0.2) is 0 Å². The van der Waals surface area contributed by atoms with E-state index in [1.165, 1.54) is 0 Å². The minimum absolute atomic E-state index is 0.120. The van der Waals surface area contributed by atoms with Crippen LogP contribution in [0.25, 0.3) is 54.6 Å². The lowest BCUT2D eigenvalue weighted by molar-refractivity contribution is -0.382. The normalized spacial score (nSPS) is 11.6. The summed E-state index contributed by atoms with van der Waals surface area (Å²) in [6.07, 6.45) is 0. The van der Waals surface area contributed by atoms with Crippen molar-refractivity contribution in [3.8, 4) is 11.1 Å². The van der Waals surface area contributed by atoms with Gasteiger partial charge in [-0.3, -0.25) is 10.1 Å². The first-order chi connectivity index (χ1) is 14.7. The Morgan fingerprint density at radius 3 is 2.13 bits per heavy atom. The second-order valence-corrected chi connectivity index (χ2v) is 7.45. The monoisotopic (exact) mass is 389 g/mol. The van der Waals surface area contributed by atoms with Gasteiger partial charge in [0.1, 0.15) is 11.2 Å². The molecule has 0 unspecified atom stereocenters. The molecule has 4 nitrogen and oxygen atoms in total. The second kappa shape index (κ2) is 6.16. The van der Waals surface area contributed by atoms with E-state index in [4.69, 9.17) is 4.42 Å². The zero-order valence-corrected chi connectivity index (χ0v) is 15.8. The number of nitro benzene ring substituents is 1. The van der Waals surface area contributed by atoms with Crippen molar-refractivity contribution in [2.75, 3.05) is 0 Å². The number of furan rings is 1. The summed E-state index contributed by atoms with van der Waals surface area (Å²) in [7, 11) is 0. The molecule has 0 aliphatic heterocycles. The molecule has 0 aliphatic rings. The van der Waals surface area contributed by atoms with E-state index >= 15 is 0 Å². The fourth-order valence-electron chi connectivity index (χ4n) is 4.31. The molecule has 5 aromatic carbocycles. The van der Waals surface area contributed by atoms with Crippen molar-refractivity contribution < 1.29 is 9.34 Å². The van der Waals surface area contributed by atoms with Gasteiger partial charge >= 0.3 is 0 Å². The topological polar surface area (TPSA) is 56.3 Å². The van der Waals surface area contributed by atoms with E-state index in [0.717, 1.165) is 43.7 Å². The first-order valence-corrected chi connectivity index (χ1v) is 9.71. The third-order valence-corrected chi connectivity index (χ3v) is 5.73. The Morgan fingerprint density at radius 1 is 0.633 bits per heavy atom. The van der Waals surface area contributed by atoms with Crippen LogP contribution in [-0.2, 0) is 0 Å². The lowest BCUT2D eigenvalue weighted by Crippen LogP contribution is -1.93. The van der Waals surface area contributed by atoms with Gasteiger partial charge in [-0.1, -0.05) is 54.6 Å². The van der Waals surface area contributed by atoms with Crippen LogP contribution in [0.1, 0.15) is 0 Å². The van der Waals surface area contributed by atoms with Gasteiger partial charge in [0.05, 0.1) is 15.9 Å². The van der Waals surface area contributed by atoms with Crippen LogP contribution in [0.15, 0.2) is 95.4 Å². The predicted octanol–water partition coefficient (Wildman–Crippen LogP) is 7.47. The maximum atomic E-state index is 11.9. The van der Waals surface area contributed by atoms with Crippen molar-refractivity contribution >= 4 is 49.2 Å². The number of nitro groups is 1. The Labute approximate surface area is 171 Å². The fraction of sp³-hybridized carbons (Fsp3) is 0. The third kappa shape index (κ3) is 2.40. The summed E-state index contributed by atoms with van der Waals surface area (Å²) in [4.78, 5) is 11.6. The van der Waals surface area contributed by atoms with Crippen molar-refractivity contribution in [1.29, 1.82) is 0 Å². The minimum Gasteiger partial charge on any atom is -0.456 e. The molecule has 142 valence electrons. The summed E-state index contributed by atoms with van der Waals surface area (Å²) < 4.78 is 6.14. The van der Waals surface area contributed by atoms with Gasteiger partial charge in [-0.2, -0.15) is 0 Å².